The predicted molar refractivity (Wildman–Crippen MR) is 113 cm³/mol. The number of aromatic nitrogens is 2. The first-order valence-corrected chi connectivity index (χ1v) is 11.5. The number of halogens is 1. The lowest BCUT2D eigenvalue weighted by Crippen LogP contribution is -2.28. The Bertz CT molecular complexity index is 879. The van der Waals surface area contributed by atoms with E-state index in [1.165, 1.54) is 6.07 Å². The van der Waals surface area contributed by atoms with Gasteiger partial charge in [0, 0.05) is 30.6 Å². The number of thioether (sulfide) groups is 1. The number of H-pyrrole nitrogens is 1. The number of hydrogen-bond acceptors (Lipinski definition) is 6. The number of benzene rings is 1. The van der Waals surface area contributed by atoms with E-state index in [0.29, 0.717) is 40.6 Å². The van der Waals surface area contributed by atoms with Crippen molar-refractivity contribution < 1.29 is 13.9 Å². The van der Waals surface area contributed by atoms with Crippen LogP contribution < -0.4 is 15.6 Å². The van der Waals surface area contributed by atoms with Crippen molar-refractivity contribution in [3.8, 4) is 5.75 Å². The minimum atomic E-state index is -0.586. The van der Waals surface area contributed by atoms with Gasteiger partial charge in [-0.05, 0) is 51.1 Å². The second kappa shape index (κ2) is 9.91. The summed E-state index contributed by atoms with van der Waals surface area (Å²) in [5.74, 6) is 1.67. The summed E-state index contributed by atoms with van der Waals surface area (Å²) in [7, 11) is 0. The molecule has 0 atom stereocenters. The van der Waals surface area contributed by atoms with Crippen molar-refractivity contribution in [1.82, 2.24) is 15.3 Å². The Morgan fingerprint density at radius 3 is 2.79 bits per heavy atom. The summed E-state index contributed by atoms with van der Waals surface area (Å²) in [5, 5.41) is 3.85. The van der Waals surface area contributed by atoms with Gasteiger partial charge in [-0.1, -0.05) is 0 Å². The summed E-state index contributed by atoms with van der Waals surface area (Å²) in [4.78, 5) is 19.6. The SMILES string of the molecule is O=c1[nH]c(CSC2CCOCC2)nc2cc(OCCC3CCNCC3)cc(F)c12. The highest BCUT2D eigenvalue weighted by molar-refractivity contribution is 7.99. The molecule has 0 aliphatic carbocycles. The van der Waals surface area contributed by atoms with Crippen molar-refractivity contribution in [2.75, 3.05) is 32.9 Å². The molecule has 6 nitrogen and oxygen atoms in total. The van der Waals surface area contributed by atoms with E-state index in [9.17, 15) is 9.18 Å². The van der Waals surface area contributed by atoms with Gasteiger partial charge in [0.1, 0.15) is 22.8 Å². The fourth-order valence-corrected chi connectivity index (χ4v) is 5.01. The first-order chi connectivity index (χ1) is 14.2. The molecule has 29 heavy (non-hydrogen) atoms. The average Bonchev–Trinajstić information content (AvgIpc) is 2.73. The minimum Gasteiger partial charge on any atom is -0.493 e. The van der Waals surface area contributed by atoms with Crippen LogP contribution in [0.2, 0.25) is 0 Å². The van der Waals surface area contributed by atoms with Gasteiger partial charge in [-0.2, -0.15) is 11.8 Å². The van der Waals surface area contributed by atoms with Crippen molar-refractivity contribution in [3.63, 3.8) is 0 Å². The zero-order valence-corrected chi connectivity index (χ0v) is 17.4. The van der Waals surface area contributed by atoms with Crippen molar-refractivity contribution in [1.29, 1.82) is 0 Å². The third-order valence-corrected chi connectivity index (χ3v) is 7.04. The van der Waals surface area contributed by atoms with Gasteiger partial charge in [-0.15, -0.1) is 0 Å². The normalized spacial score (nSPS) is 18.9. The summed E-state index contributed by atoms with van der Waals surface area (Å²) in [6.45, 7) is 4.21. The summed E-state index contributed by atoms with van der Waals surface area (Å²) >= 11 is 1.76. The van der Waals surface area contributed by atoms with E-state index in [1.54, 1.807) is 17.8 Å². The molecule has 2 aromatic rings. The number of nitrogens with zero attached hydrogens (tertiary/aromatic N) is 1. The van der Waals surface area contributed by atoms with Crippen LogP contribution in [0.4, 0.5) is 4.39 Å². The minimum absolute atomic E-state index is 0.00415. The quantitative estimate of drug-likeness (QED) is 0.715. The van der Waals surface area contributed by atoms with E-state index in [4.69, 9.17) is 9.47 Å². The van der Waals surface area contributed by atoms with Gasteiger partial charge in [-0.3, -0.25) is 4.79 Å². The molecule has 2 N–H and O–H groups in total. The number of fused-ring (bicyclic) bond motifs is 1. The first kappa shape index (κ1) is 20.6. The molecule has 0 amide bonds. The number of rotatable bonds is 7. The van der Waals surface area contributed by atoms with Gasteiger partial charge in [-0.25, -0.2) is 9.37 Å². The van der Waals surface area contributed by atoms with E-state index in [1.807, 2.05) is 0 Å². The summed E-state index contributed by atoms with van der Waals surface area (Å²) in [5.41, 5.74) is -0.0791. The molecular weight excluding hydrogens is 393 g/mol. The topological polar surface area (TPSA) is 76.2 Å². The van der Waals surface area contributed by atoms with Crippen LogP contribution in [0.3, 0.4) is 0 Å². The molecule has 1 aromatic carbocycles. The highest BCUT2D eigenvalue weighted by Crippen LogP contribution is 2.26. The van der Waals surface area contributed by atoms with Crippen LogP contribution in [0.5, 0.6) is 5.75 Å². The lowest BCUT2D eigenvalue weighted by molar-refractivity contribution is 0.1000. The van der Waals surface area contributed by atoms with Crippen molar-refractivity contribution >= 4 is 22.7 Å². The Morgan fingerprint density at radius 1 is 1.21 bits per heavy atom. The van der Waals surface area contributed by atoms with Gasteiger partial charge in [0.25, 0.3) is 5.56 Å². The lowest BCUT2D eigenvalue weighted by atomic mass is 9.95. The number of nitrogens with one attached hydrogen (secondary N) is 2. The summed E-state index contributed by atoms with van der Waals surface area (Å²) in [6, 6.07) is 2.97. The van der Waals surface area contributed by atoms with Crippen LogP contribution in [-0.4, -0.2) is 48.1 Å². The van der Waals surface area contributed by atoms with Gasteiger partial charge >= 0.3 is 0 Å². The Labute approximate surface area is 174 Å². The molecule has 2 saturated heterocycles. The van der Waals surface area contributed by atoms with Gasteiger partial charge in [0.05, 0.1) is 17.9 Å². The van der Waals surface area contributed by atoms with Gasteiger partial charge < -0.3 is 19.8 Å². The van der Waals surface area contributed by atoms with Crippen LogP contribution in [0.15, 0.2) is 16.9 Å². The van der Waals surface area contributed by atoms with E-state index < -0.39 is 11.4 Å². The highest BCUT2D eigenvalue weighted by Gasteiger charge is 2.17. The molecule has 0 saturated carbocycles. The number of ether oxygens (including phenoxy) is 2. The third kappa shape index (κ3) is 5.49. The molecule has 4 rings (SSSR count). The van der Waals surface area contributed by atoms with Crippen molar-refractivity contribution in [2.24, 2.45) is 5.92 Å². The van der Waals surface area contributed by atoms with Crippen LogP contribution in [0, 0.1) is 11.7 Å². The molecule has 0 unspecified atom stereocenters. The van der Waals surface area contributed by atoms with Crippen molar-refractivity contribution in [2.45, 2.75) is 43.1 Å². The average molecular weight is 422 g/mol. The lowest BCUT2D eigenvalue weighted by Gasteiger charge is -2.22. The van der Waals surface area contributed by atoms with Crippen LogP contribution >= 0.6 is 11.8 Å². The van der Waals surface area contributed by atoms with Gasteiger partial charge in [0.15, 0.2) is 0 Å². The van der Waals surface area contributed by atoms with E-state index >= 15 is 0 Å². The third-order valence-electron chi connectivity index (χ3n) is 5.66. The summed E-state index contributed by atoms with van der Waals surface area (Å²) in [6.07, 6.45) is 5.27. The second-order valence-corrected chi connectivity index (χ2v) is 9.05. The molecule has 158 valence electrons. The maximum absolute atomic E-state index is 14.5. The molecular formula is C21H28FN3O3S. The van der Waals surface area contributed by atoms with Crippen LogP contribution in [0.1, 0.15) is 37.9 Å². The Morgan fingerprint density at radius 2 is 2.00 bits per heavy atom. The summed E-state index contributed by atoms with van der Waals surface area (Å²) < 4.78 is 25.7. The molecule has 0 bridgehead atoms. The van der Waals surface area contributed by atoms with E-state index in [0.717, 1.165) is 58.4 Å². The maximum Gasteiger partial charge on any atom is 0.261 e. The van der Waals surface area contributed by atoms with Crippen LogP contribution in [-0.2, 0) is 10.5 Å². The Kier molecular flexibility index (Phi) is 7.05. The van der Waals surface area contributed by atoms with E-state index in [2.05, 4.69) is 15.3 Å². The highest BCUT2D eigenvalue weighted by atomic mass is 32.2. The Hall–Kier alpha value is -1.64. The fraction of sp³-hybridized carbons (Fsp3) is 0.619. The molecule has 2 aliphatic rings. The fourth-order valence-electron chi connectivity index (χ4n) is 3.95. The van der Waals surface area contributed by atoms with Crippen molar-refractivity contribution in [3.05, 3.63) is 34.1 Å². The maximum atomic E-state index is 14.5. The van der Waals surface area contributed by atoms with E-state index in [-0.39, 0.29) is 5.39 Å². The molecule has 3 heterocycles. The Balaban J connectivity index is 1.43. The first-order valence-electron chi connectivity index (χ1n) is 10.4. The molecule has 2 fully saturated rings. The predicted octanol–water partition coefficient (Wildman–Crippen LogP) is 3.24. The molecule has 8 heteroatoms. The monoisotopic (exact) mass is 421 g/mol. The number of aromatic amines is 1. The van der Waals surface area contributed by atoms with Crippen LogP contribution in [0.25, 0.3) is 10.9 Å². The zero-order chi connectivity index (χ0) is 20.1. The molecule has 2 aliphatic heterocycles. The molecule has 1 aromatic heterocycles. The number of piperidine rings is 1. The van der Waals surface area contributed by atoms with Gasteiger partial charge in [0.2, 0.25) is 0 Å². The molecule has 0 radical (unpaired) electrons. The number of hydrogen-bond donors (Lipinski definition) is 2. The second-order valence-electron chi connectivity index (χ2n) is 7.77. The smallest absolute Gasteiger partial charge is 0.261 e. The largest absolute Gasteiger partial charge is 0.493 e. The zero-order valence-electron chi connectivity index (χ0n) is 16.5. The molecule has 0 spiro atoms. The standard InChI is InChI=1S/C21H28FN3O3S/c22-17-11-15(28-10-3-14-1-6-23-7-2-14)12-18-20(17)21(26)25-19(24-18)13-29-16-4-8-27-9-5-16/h11-12,14,16,23H,1-10,13H2,(H,24,25,26).